The highest BCUT2D eigenvalue weighted by Crippen LogP contribution is 2.44. The number of nitrogens with one attached hydrogen (secondary N) is 2. The largest absolute Gasteiger partial charge is 0.366 e. The van der Waals surface area contributed by atoms with Crippen molar-refractivity contribution in [3.05, 3.63) is 0 Å². The Morgan fingerprint density at radius 2 is 1.75 bits per heavy atom. The summed E-state index contributed by atoms with van der Waals surface area (Å²) < 4.78 is 5.71. The normalized spacial score (nSPS) is 43.5. The molecule has 0 aromatic heterocycles. The Morgan fingerprint density at radius 1 is 1.05 bits per heavy atom. The lowest BCUT2D eigenvalue weighted by Gasteiger charge is -2.49. The first kappa shape index (κ1) is 16.5. The molecule has 3 nitrogen and oxygen atoms in total. The Hall–Kier alpha value is 0.170. The Balaban J connectivity index is 2.19. The molecule has 2 N–H and O–H groups in total. The summed E-state index contributed by atoms with van der Waals surface area (Å²) in [6, 6.07) is 0.590. The van der Waals surface area contributed by atoms with E-state index in [9.17, 15) is 0 Å². The maximum atomic E-state index is 6.42. The quantitative estimate of drug-likeness (QED) is 0.770. The molecular formula is C16H31ClN2O. The van der Waals surface area contributed by atoms with Gasteiger partial charge in [0.05, 0.1) is 0 Å². The van der Waals surface area contributed by atoms with Crippen molar-refractivity contribution in [3.63, 3.8) is 0 Å². The molecule has 0 spiro atoms. The Kier molecular flexibility index (Phi) is 5.39. The van der Waals surface area contributed by atoms with E-state index in [1.54, 1.807) is 0 Å². The van der Waals surface area contributed by atoms with Crippen molar-refractivity contribution in [2.45, 2.75) is 58.2 Å². The molecule has 0 bridgehead atoms. The van der Waals surface area contributed by atoms with Crippen LogP contribution in [0.1, 0.15) is 40.5 Å². The molecule has 6 atom stereocenters. The van der Waals surface area contributed by atoms with Crippen LogP contribution in [0.5, 0.6) is 0 Å². The molecule has 0 aromatic rings. The maximum absolute atomic E-state index is 6.42. The van der Waals surface area contributed by atoms with Crippen molar-refractivity contribution in [1.29, 1.82) is 0 Å². The molecular weight excluding hydrogens is 272 g/mol. The fourth-order valence-corrected chi connectivity index (χ4v) is 4.41. The number of piperidine rings is 2. The van der Waals surface area contributed by atoms with Crippen LogP contribution in [-0.2, 0) is 4.74 Å². The van der Waals surface area contributed by atoms with Gasteiger partial charge in [-0.2, -0.15) is 0 Å². The number of halogens is 1. The summed E-state index contributed by atoms with van der Waals surface area (Å²) in [6.07, 6.45) is 2.44. The van der Waals surface area contributed by atoms with E-state index >= 15 is 0 Å². The van der Waals surface area contributed by atoms with E-state index in [4.69, 9.17) is 16.3 Å². The summed E-state index contributed by atoms with van der Waals surface area (Å²) in [5, 5.41) is 7.37. The summed E-state index contributed by atoms with van der Waals surface area (Å²) in [6.45, 7) is 11.3. The zero-order chi connectivity index (χ0) is 14.9. The second-order valence-corrected chi connectivity index (χ2v) is 8.36. The number of alkyl halides is 1. The van der Waals surface area contributed by atoms with Crippen LogP contribution < -0.4 is 10.6 Å². The van der Waals surface area contributed by atoms with E-state index < -0.39 is 0 Å². The van der Waals surface area contributed by atoms with E-state index in [0.29, 0.717) is 29.2 Å². The minimum absolute atomic E-state index is 0.158. The average Bonchev–Trinajstić information content (AvgIpc) is 2.37. The molecule has 2 rings (SSSR count). The summed E-state index contributed by atoms with van der Waals surface area (Å²) in [5.74, 6) is 1.86. The van der Waals surface area contributed by atoms with Crippen molar-refractivity contribution in [1.82, 2.24) is 10.6 Å². The minimum atomic E-state index is 0.158. The number of hydrogen-bond donors (Lipinski definition) is 2. The molecule has 0 aromatic carbocycles. The van der Waals surface area contributed by atoms with Crippen LogP contribution >= 0.6 is 11.6 Å². The van der Waals surface area contributed by atoms with Gasteiger partial charge in [0.15, 0.2) is 0 Å². The zero-order valence-corrected chi connectivity index (χ0v) is 14.3. The van der Waals surface area contributed by atoms with E-state index in [1.165, 1.54) is 6.42 Å². The van der Waals surface area contributed by atoms with Gasteiger partial charge < -0.3 is 10.1 Å². The van der Waals surface area contributed by atoms with E-state index in [-0.39, 0.29) is 11.6 Å². The van der Waals surface area contributed by atoms with Crippen molar-refractivity contribution in [3.8, 4) is 0 Å². The molecule has 118 valence electrons. The van der Waals surface area contributed by atoms with Crippen LogP contribution in [0.15, 0.2) is 0 Å². The fraction of sp³-hybridized carbons (Fsp3) is 1.00. The molecule has 2 saturated heterocycles. The predicted molar refractivity (Wildman–Crippen MR) is 85.1 cm³/mol. The van der Waals surface area contributed by atoms with Gasteiger partial charge in [0.25, 0.3) is 0 Å². The Morgan fingerprint density at radius 3 is 2.35 bits per heavy atom. The predicted octanol–water partition coefficient (Wildman–Crippen LogP) is 2.84. The topological polar surface area (TPSA) is 33.3 Å². The van der Waals surface area contributed by atoms with Crippen molar-refractivity contribution >= 4 is 11.6 Å². The van der Waals surface area contributed by atoms with Gasteiger partial charge in [0.1, 0.15) is 6.23 Å². The molecule has 0 amide bonds. The van der Waals surface area contributed by atoms with Crippen LogP contribution in [0.4, 0.5) is 0 Å². The summed E-state index contributed by atoms with van der Waals surface area (Å²) in [7, 11) is 1.82. The third-order valence-corrected chi connectivity index (χ3v) is 5.53. The van der Waals surface area contributed by atoms with Crippen molar-refractivity contribution in [2.24, 2.45) is 23.2 Å². The van der Waals surface area contributed by atoms with Crippen LogP contribution in [0.25, 0.3) is 0 Å². The van der Waals surface area contributed by atoms with E-state index in [1.807, 2.05) is 7.11 Å². The average molecular weight is 303 g/mol. The van der Waals surface area contributed by atoms with Gasteiger partial charge in [0, 0.05) is 31.0 Å². The molecule has 4 heteroatoms. The highest BCUT2D eigenvalue weighted by molar-refractivity contribution is 6.20. The number of hydrogen-bond acceptors (Lipinski definition) is 3. The standard InChI is InChI=1S/C16H31ClN2O/c1-10-6-12(14(9-18-10)16(2,3)4)13-7-11(17)8-19-15(13)20-5/h10-15,18-19H,6-9H2,1-5H3. The molecule has 0 saturated carbocycles. The second-order valence-electron chi connectivity index (χ2n) is 7.74. The summed E-state index contributed by atoms with van der Waals surface area (Å²) in [4.78, 5) is 0. The van der Waals surface area contributed by atoms with Gasteiger partial charge in [-0.05, 0) is 43.6 Å². The highest BCUT2D eigenvalue weighted by atomic mass is 35.5. The van der Waals surface area contributed by atoms with Gasteiger partial charge in [-0.3, -0.25) is 5.32 Å². The van der Waals surface area contributed by atoms with Crippen LogP contribution in [-0.4, -0.2) is 37.8 Å². The zero-order valence-electron chi connectivity index (χ0n) is 13.6. The highest BCUT2D eigenvalue weighted by Gasteiger charge is 2.44. The molecule has 6 unspecified atom stereocenters. The molecule has 20 heavy (non-hydrogen) atoms. The first-order valence-electron chi connectivity index (χ1n) is 7.96. The maximum Gasteiger partial charge on any atom is 0.110 e. The monoisotopic (exact) mass is 302 g/mol. The molecule has 2 aliphatic heterocycles. The Labute approximate surface area is 129 Å². The smallest absolute Gasteiger partial charge is 0.110 e. The molecule has 2 fully saturated rings. The van der Waals surface area contributed by atoms with E-state index in [2.05, 4.69) is 38.3 Å². The first-order valence-corrected chi connectivity index (χ1v) is 8.40. The molecule has 0 aliphatic carbocycles. The van der Waals surface area contributed by atoms with Gasteiger partial charge in [0.2, 0.25) is 0 Å². The first-order chi connectivity index (χ1) is 9.32. The number of ether oxygens (including phenoxy) is 1. The SMILES string of the molecule is COC1NCC(Cl)CC1C1CC(C)NCC1C(C)(C)C. The summed E-state index contributed by atoms with van der Waals surface area (Å²) >= 11 is 6.42. The van der Waals surface area contributed by atoms with Gasteiger partial charge >= 0.3 is 0 Å². The number of rotatable bonds is 2. The minimum Gasteiger partial charge on any atom is -0.366 e. The third-order valence-electron chi connectivity index (χ3n) is 5.20. The lowest BCUT2D eigenvalue weighted by atomic mass is 9.63. The number of methoxy groups -OCH3 is 1. The van der Waals surface area contributed by atoms with Crippen molar-refractivity contribution < 1.29 is 4.74 Å². The van der Waals surface area contributed by atoms with Crippen LogP contribution in [0, 0.1) is 23.2 Å². The fourth-order valence-electron chi connectivity index (χ4n) is 4.11. The van der Waals surface area contributed by atoms with Crippen LogP contribution in [0.3, 0.4) is 0 Å². The molecule has 2 heterocycles. The van der Waals surface area contributed by atoms with Crippen LogP contribution in [0.2, 0.25) is 0 Å². The lowest BCUT2D eigenvalue weighted by molar-refractivity contribution is -0.0545. The lowest BCUT2D eigenvalue weighted by Crippen LogP contribution is -2.56. The molecule has 2 aliphatic rings. The Bertz CT molecular complexity index is 318. The molecule has 0 radical (unpaired) electrons. The van der Waals surface area contributed by atoms with E-state index in [0.717, 1.165) is 19.5 Å². The van der Waals surface area contributed by atoms with Gasteiger partial charge in [-0.15, -0.1) is 11.6 Å². The second kappa shape index (κ2) is 6.51. The third kappa shape index (κ3) is 3.68. The van der Waals surface area contributed by atoms with Gasteiger partial charge in [-0.25, -0.2) is 0 Å². The van der Waals surface area contributed by atoms with Gasteiger partial charge in [-0.1, -0.05) is 20.8 Å². The van der Waals surface area contributed by atoms with Crippen molar-refractivity contribution in [2.75, 3.05) is 20.2 Å². The summed E-state index contributed by atoms with van der Waals surface area (Å²) in [5.41, 5.74) is 0.315.